The topological polar surface area (TPSA) is 81.1 Å². The van der Waals surface area contributed by atoms with Crippen LogP contribution in [-0.2, 0) is 0 Å². The summed E-state index contributed by atoms with van der Waals surface area (Å²) in [6.45, 7) is 4.02. The Balaban J connectivity index is 2.43. The van der Waals surface area contributed by atoms with Crippen molar-refractivity contribution in [3.05, 3.63) is 53.1 Å². The molecule has 0 atom stereocenters. The average Bonchev–Trinajstić information content (AvgIpc) is 2.35. The second-order valence-electron chi connectivity index (χ2n) is 4.61. The zero-order valence-electron chi connectivity index (χ0n) is 11.0. The van der Waals surface area contributed by atoms with E-state index in [1.54, 1.807) is 18.2 Å². The molecule has 4 nitrogen and oxygen atoms in total. The molecule has 5 N–H and O–H groups in total. The lowest BCUT2D eigenvalue weighted by molar-refractivity contribution is 0.100. The van der Waals surface area contributed by atoms with Gasteiger partial charge in [-0.2, -0.15) is 0 Å². The van der Waals surface area contributed by atoms with E-state index >= 15 is 0 Å². The Hall–Kier alpha value is -2.49. The van der Waals surface area contributed by atoms with E-state index in [-0.39, 0.29) is 0 Å². The summed E-state index contributed by atoms with van der Waals surface area (Å²) >= 11 is 0. The van der Waals surface area contributed by atoms with E-state index in [1.165, 1.54) is 0 Å². The molecule has 0 bridgehead atoms. The number of hydrogen-bond donors (Lipinski definition) is 3. The Morgan fingerprint density at radius 2 is 1.79 bits per heavy atom. The molecule has 0 spiro atoms. The van der Waals surface area contributed by atoms with Crippen molar-refractivity contribution in [2.24, 2.45) is 5.73 Å². The molecule has 0 saturated carbocycles. The molecule has 0 fully saturated rings. The van der Waals surface area contributed by atoms with Crippen LogP contribution < -0.4 is 16.8 Å². The van der Waals surface area contributed by atoms with Crippen molar-refractivity contribution in [3.63, 3.8) is 0 Å². The van der Waals surface area contributed by atoms with E-state index in [4.69, 9.17) is 11.5 Å². The van der Waals surface area contributed by atoms with Gasteiger partial charge in [0.15, 0.2) is 0 Å². The highest BCUT2D eigenvalue weighted by molar-refractivity contribution is 6.00. The lowest BCUT2D eigenvalue weighted by atomic mass is 10.1. The van der Waals surface area contributed by atoms with Gasteiger partial charge in [0.1, 0.15) is 0 Å². The third kappa shape index (κ3) is 2.85. The Kier molecular flexibility index (Phi) is 3.42. The zero-order valence-corrected chi connectivity index (χ0v) is 11.0. The number of aryl methyl sites for hydroxylation is 2. The first kappa shape index (κ1) is 13.0. The van der Waals surface area contributed by atoms with Gasteiger partial charge in [0.25, 0.3) is 5.91 Å². The van der Waals surface area contributed by atoms with E-state index in [1.807, 2.05) is 32.0 Å². The van der Waals surface area contributed by atoms with Gasteiger partial charge in [-0.3, -0.25) is 4.79 Å². The molecule has 4 heteroatoms. The molecule has 98 valence electrons. The van der Waals surface area contributed by atoms with Crippen molar-refractivity contribution in [1.82, 2.24) is 0 Å². The summed E-state index contributed by atoms with van der Waals surface area (Å²) < 4.78 is 0. The number of hydrogen-bond acceptors (Lipinski definition) is 3. The van der Waals surface area contributed by atoms with Crippen molar-refractivity contribution < 1.29 is 4.79 Å². The van der Waals surface area contributed by atoms with E-state index < -0.39 is 5.91 Å². The smallest absolute Gasteiger partial charge is 0.250 e. The summed E-state index contributed by atoms with van der Waals surface area (Å²) in [4.78, 5) is 11.4. The maximum atomic E-state index is 11.4. The van der Waals surface area contributed by atoms with Gasteiger partial charge in [0, 0.05) is 11.4 Å². The molecular weight excluding hydrogens is 238 g/mol. The summed E-state index contributed by atoms with van der Waals surface area (Å²) in [5.41, 5.74) is 15.8. The number of primary amides is 1. The minimum atomic E-state index is -0.500. The summed E-state index contributed by atoms with van der Waals surface area (Å²) in [7, 11) is 0. The number of carbonyl (C=O) groups is 1. The Morgan fingerprint density at radius 1 is 1.05 bits per heavy atom. The van der Waals surface area contributed by atoms with Crippen LogP contribution in [0.1, 0.15) is 21.5 Å². The molecule has 0 aliphatic carbocycles. The van der Waals surface area contributed by atoms with E-state index in [9.17, 15) is 4.79 Å². The Labute approximate surface area is 112 Å². The lowest BCUT2D eigenvalue weighted by Crippen LogP contribution is -2.14. The molecule has 0 radical (unpaired) electrons. The van der Waals surface area contributed by atoms with Crippen LogP contribution in [0.5, 0.6) is 0 Å². The fourth-order valence-corrected chi connectivity index (χ4v) is 1.89. The van der Waals surface area contributed by atoms with Crippen LogP contribution in [0.3, 0.4) is 0 Å². The number of rotatable bonds is 3. The molecule has 2 aromatic rings. The molecule has 1 amide bonds. The van der Waals surface area contributed by atoms with Gasteiger partial charge in [-0.05, 0) is 49.2 Å². The first-order valence-corrected chi connectivity index (χ1v) is 6.01. The molecule has 2 aromatic carbocycles. The van der Waals surface area contributed by atoms with Gasteiger partial charge >= 0.3 is 0 Å². The van der Waals surface area contributed by atoms with Crippen LogP contribution in [0.2, 0.25) is 0 Å². The Morgan fingerprint density at radius 3 is 2.47 bits per heavy atom. The number of benzene rings is 2. The van der Waals surface area contributed by atoms with Crippen LogP contribution >= 0.6 is 0 Å². The van der Waals surface area contributed by atoms with Crippen molar-refractivity contribution >= 4 is 23.0 Å². The highest BCUT2D eigenvalue weighted by atomic mass is 16.1. The number of nitrogen functional groups attached to an aromatic ring is 1. The number of anilines is 3. The summed E-state index contributed by atoms with van der Waals surface area (Å²) in [5.74, 6) is -0.500. The molecule has 0 saturated heterocycles. The van der Waals surface area contributed by atoms with E-state index in [2.05, 4.69) is 5.32 Å². The second-order valence-corrected chi connectivity index (χ2v) is 4.61. The molecule has 2 rings (SSSR count). The summed E-state index contributed by atoms with van der Waals surface area (Å²) in [6.07, 6.45) is 0. The minimum absolute atomic E-state index is 0.390. The van der Waals surface area contributed by atoms with Crippen LogP contribution in [0.4, 0.5) is 17.1 Å². The van der Waals surface area contributed by atoms with Crippen LogP contribution in [-0.4, -0.2) is 5.91 Å². The highest BCUT2D eigenvalue weighted by Crippen LogP contribution is 2.25. The molecule has 0 aromatic heterocycles. The van der Waals surface area contributed by atoms with Crippen LogP contribution in [0, 0.1) is 13.8 Å². The molecular formula is C15H17N3O. The normalized spacial score (nSPS) is 10.2. The molecule has 19 heavy (non-hydrogen) atoms. The minimum Gasteiger partial charge on any atom is -0.399 e. The van der Waals surface area contributed by atoms with Crippen molar-refractivity contribution in [3.8, 4) is 0 Å². The van der Waals surface area contributed by atoms with Crippen LogP contribution in [0.15, 0.2) is 36.4 Å². The second kappa shape index (κ2) is 5.02. The first-order chi connectivity index (χ1) is 8.97. The number of nitrogens with one attached hydrogen (secondary N) is 1. The predicted octanol–water partition coefficient (Wildman–Crippen LogP) is 2.73. The zero-order chi connectivity index (χ0) is 14.0. The van der Waals surface area contributed by atoms with Gasteiger partial charge in [-0.25, -0.2) is 0 Å². The highest BCUT2D eigenvalue weighted by Gasteiger charge is 2.09. The standard InChI is InChI=1S/C15H17N3O/c1-9-3-4-10(2)14(7-9)18-13-6-5-11(16)8-12(13)15(17)19/h3-8,18H,16H2,1-2H3,(H2,17,19). The van der Waals surface area contributed by atoms with Crippen molar-refractivity contribution in [2.75, 3.05) is 11.1 Å². The number of nitrogens with two attached hydrogens (primary N) is 2. The maximum Gasteiger partial charge on any atom is 0.250 e. The van der Waals surface area contributed by atoms with Crippen molar-refractivity contribution in [2.45, 2.75) is 13.8 Å². The SMILES string of the molecule is Cc1ccc(C)c(Nc2ccc(N)cc2C(N)=O)c1. The average molecular weight is 255 g/mol. The summed E-state index contributed by atoms with van der Waals surface area (Å²) in [5, 5.41) is 3.23. The monoisotopic (exact) mass is 255 g/mol. The molecule has 0 aliphatic heterocycles. The van der Waals surface area contributed by atoms with Gasteiger partial charge in [0.2, 0.25) is 0 Å². The van der Waals surface area contributed by atoms with E-state index in [0.717, 1.165) is 16.8 Å². The third-order valence-corrected chi connectivity index (χ3v) is 2.97. The molecule has 0 aliphatic rings. The number of carbonyl (C=O) groups excluding carboxylic acids is 1. The van der Waals surface area contributed by atoms with Gasteiger partial charge < -0.3 is 16.8 Å². The third-order valence-electron chi connectivity index (χ3n) is 2.97. The fourth-order valence-electron chi connectivity index (χ4n) is 1.89. The lowest BCUT2D eigenvalue weighted by Gasteiger charge is -2.13. The van der Waals surface area contributed by atoms with Crippen molar-refractivity contribution in [1.29, 1.82) is 0 Å². The number of amides is 1. The van der Waals surface area contributed by atoms with Gasteiger partial charge in [-0.1, -0.05) is 12.1 Å². The quantitative estimate of drug-likeness (QED) is 0.737. The summed E-state index contributed by atoms with van der Waals surface area (Å²) in [6, 6.07) is 11.2. The van der Waals surface area contributed by atoms with Gasteiger partial charge in [-0.15, -0.1) is 0 Å². The molecule has 0 unspecified atom stereocenters. The predicted molar refractivity (Wildman–Crippen MR) is 78.6 cm³/mol. The van der Waals surface area contributed by atoms with Gasteiger partial charge in [0.05, 0.1) is 11.3 Å². The largest absolute Gasteiger partial charge is 0.399 e. The van der Waals surface area contributed by atoms with Crippen LogP contribution in [0.25, 0.3) is 0 Å². The fraction of sp³-hybridized carbons (Fsp3) is 0.133. The first-order valence-electron chi connectivity index (χ1n) is 6.01. The molecule has 0 heterocycles. The Bertz CT molecular complexity index is 635. The van der Waals surface area contributed by atoms with E-state index in [0.29, 0.717) is 16.9 Å². The maximum absolute atomic E-state index is 11.4.